The molecule has 1 N–H and O–H groups in total. The molecule has 2 aliphatic carbocycles. The van der Waals surface area contributed by atoms with Gasteiger partial charge in [-0.1, -0.05) is 25.0 Å². The number of carbonyl (C=O) groups is 2. The number of allylic oxidation sites excluding steroid dienone is 3. The van der Waals surface area contributed by atoms with Crippen LogP contribution in [0.15, 0.2) is 22.8 Å². The topological polar surface area (TPSA) is 54.4 Å². The van der Waals surface area contributed by atoms with E-state index in [1.807, 2.05) is 27.7 Å². The average molecular weight is 276 g/mol. The summed E-state index contributed by atoms with van der Waals surface area (Å²) < 4.78 is 0. The van der Waals surface area contributed by atoms with E-state index in [1.54, 1.807) is 0 Å². The molecule has 0 fully saturated rings. The molecule has 3 atom stereocenters. The lowest BCUT2D eigenvalue weighted by Gasteiger charge is -2.35. The van der Waals surface area contributed by atoms with Gasteiger partial charge in [-0.15, -0.1) is 0 Å². The highest BCUT2D eigenvalue weighted by atomic mass is 16.3. The summed E-state index contributed by atoms with van der Waals surface area (Å²) in [6, 6.07) is 0. The molecule has 20 heavy (non-hydrogen) atoms. The molecule has 3 heteroatoms. The van der Waals surface area contributed by atoms with Crippen molar-refractivity contribution in [1.82, 2.24) is 0 Å². The van der Waals surface area contributed by atoms with E-state index in [-0.39, 0.29) is 23.4 Å². The molecular formula is C17H24O3. The quantitative estimate of drug-likeness (QED) is 0.806. The number of aliphatic hydroxyl groups excluding tert-OH is 1. The lowest BCUT2D eigenvalue weighted by molar-refractivity contribution is -0.131. The van der Waals surface area contributed by atoms with E-state index in [4.69, 9.17) is 0 Å². The fourth-order valence-electron chi connectivity index (χ4n) is 3.25. The van der Waals surface area contributed by atoms with Gasteiger partial charge in [0.05, 0.1) is 6.10 Å². The third-order valence-electron chi connectivity index (χ3n) is 4.60. The maximum atomic E-state index is 12.6. The van der Waals surface area contributed by atoms with E-state index >= 15 is 0 Å². The Morgan fingerprint density at radius 2 is 1.70 bits per heavy atom. The zero-order valence-electron chi connectivity index (χ0n) is 12.8. The number of ketones is 2. The summed E-state index contributed by atoms with van der Waals surface area (Å²) in [5.41, 5.74) is 2.77. The summed E-state index contributed by atoms with van der Waals surface area (Å²) in [6.45, 7) is 8.07. The average Bonchev–Trinajstić information content (AvgIpc) is 2.35. The van der Waals surface area contributed by atoms with Crippen LogP contribution in [-0.4, -0.2) is 22.8 Å². The van der Waals surface area contributed by atoms with Gasteiger partial charge in [0, 0.05) is 17.4 Å². The van der Waals surface area contributed by atoms with Crippen LogP contribution in [0.1, 0.15) is 47.0 Å². The summed E-state index contributed by atoms with van der Waals surface area (Å²) in [6.07, 6.45) is 2.47. The Morgan fingerprint density at radius 1 is 1.15 bits per heavy atom. The second-order valence-electron chi connectivity index (χ2n) is 6.69. The number of hydrogen-bond donors (Lipinski definition) is 1. The van der Waals surface area contributed by atoms with Gasteiger partial charge in [-0.2, -0.15) is 0 Å². The van der Waals surface area contributed by atoms with Crippen molar-refractivity contribution in [3.63, 3.8) is 0 Å². The van der Waals surface area contributed by atoms with Gasteiger partial charge in [-0.3, -0.25) is 9.59 Å². The first-order valence-electron chi connectivity index (χ1n) is 7.44. The lowest BCUT2D eigenvalue weighted by Crippen LogP contribution is -2.40. The van der Waals surface area contributed by atoms with Crippen LogP contribution in [0, 0.1) is 17.8 Å². The molecule has 110 valence electrons. The van der Waals surface area contributed by atoms with Gasteiger partial charge < -0.3 is 5.11 Å². The molecule has 0 radical (unpaired) electrons. The van der Waals surface area contributed by atoms with Crippen LogP contribution in [-0.2, 0) is 9.59 Å². The minimum absolute atomic E-state index is 0.0132. The summed E-state index contributed by atoms with van der Waals surface area (Å²) >= 11 is 0. The molecule has 0 heterocycles. The highest BCUT2D eigenvalue weighted by Crippen LogP contribution is 2.40. The van der Waals surface area contributed by atoms with Gasteiger partial charge in [-0.05, 0) is 45.1 Å². The summed E-state index contributed by atoms with van der Waals surface area (Å²) in [5, 5.41) is 10.2. The van der Waals surface area contributed by atoms with E-state index in [9.17, 15) is 14.7 Å². The molecule has 0 aromatic rings. The number of fused-ring (bicyclic) bond motifs is 1. The van der Waals surface area contributed by atoms with E-state index in [2.05, 4.69) is 0 Å². The lowest BCUT2D eigenvalue weighted by atomic mass is 9.67. The molecule has 3 nitrogen and oxygen atoms in total. The van der Waals surface area contributed by atoms with Crippen LogP contribution in [0.3, 0.4) is 0 Å². The molecule has 0 aromatic carbocycles. The molecule has 2 rings (SSSR count). The molecule has 0 aromatic heterocycles. The molecule has 0 aliphatic heterocycles. The van der Waals surface area contributed by atoms with Crippen molar-refractivity contribution in [3.05, 3.63) is 22.8 Å². The first kappa shape index (κ1) is 15.2. The highest BCUT2D eigenvalue weighted by molar-refractivity contribution is 6.11. The standard InChI is InChI=1S/C17H24O3/c1-9(2)5-15(18)14-8-16(19)12-6-10(3)11(4)7-13(12)17(14)20/h8-9,12-13,15,18H,5-7H2,1-4H3/t12-,13-,15+/m0/s1. The van der Waals surface area contributed by atoms with Crippen LogP contribution in [0.5, 0.6) is 0 Å². The van der Waals surface area contributed by atoms with Crippen LogP contribution < -0.4 is 0 Å². The van der Waals surface area contributed by atoms with E-state index < -0.39 is 6.10 Å². The summed E-state index contributed by atoms with van der Waals surface area (Å²) in [4.78, 5) is 24.8. The third-order valence-corrected chi connectivity index (χ3v) is 4.60. The Hall–Kier alpha value is -1.22. The van der Waals surface area contributed by atoms with Crippen molar-refractivity contribution in [2.24, 2.45) is 17.8 Å². The maximum absolute atomic E-state index is 12.6. The Kier molecular flexibility index (Phi) is 4.28. The largest absolute Gasteiger partial charge is 0.388 e. The Morgan fingerprint density at radius 3 is 2.25 bits per heavy atom. The van der Waals surface area contributed by atoms with Gasteiger partial charge in [0.15, 0.2) is 11.6 Å². The number of hydrogen-bond acceptors (Lipinski definition) is 3. The molecule has 0 unspecified atom stereocenters. The predicted octanol–water partition coefficient (Wildman–Crippen LogP) is 2.83. The summed E-state index contributed by atoms with van der Waals surface area (Å²) in [5.74, 6) is -0.176. The van der Waals surface area contributed by atoms with E-state index in [1.165, 1.54) is 17.2 Å². The molecular weight excluding hydrogens is 252 g/mol. The van der Waals surface area contributed by atoms with Crippen LogP contribution in [0.25, 0.3) is 0 Å². The highest BCUT2D eigenvalue weighted by Gasteiger charge is 2.42. The predicted molar refractivity (Wildman–Crippen MR) is 78.1 cm³/mol. The van der Waals surface area contributed by atoms with Crippen molar-refractivity contribution in [2.75, 3.05) is 0 Å². The normalized spacial score (nSPS) is 28.6. The third kappa shape index (κ3) is 2.78. The molecule has 0 amide bonds. The zero-order chi connectivity index (χ0) is 15.0. The number of rotatable bonds is 3. The monoisotopic (exact) mass is 276 g/mol. The van der Waals surface area contributed by atoms with Crippen molar-refractivity contribution >= 4 is 11.6 Å². The molecule has 0 spiro atoms. The molecule has 0 bridgehead atoms. The number of carbonyl (C=O) groups excluding carboxylic acids is 2. The Bertz CT molecular complexity index is 496. The van der Waals surface area contributed by atoms with Crippen molar-refractivity contribution in [1.29, 1.82) is 0 Å². The first-order chi connectivity index (χ1) is 9.31. The zero-order valence-corrected chi connectivity index (χ0v) is 12.8. The number of aliphatic hydroxyl groups is 1. The van der Waals surface area contributed by atoms with Crippen molar-refractivity contribution in [2.45, 2.75) is 53.1 Å². The van der Waals surface area contributed by atoms with Crippen LogP contribution in [0.4, 0.5) is 0 Å². The second-order valence-corrected chi connectivity index (χ2v) is 6.69. The summed E-state index contributed by atoms with van der Waals surface area (Å²) in [7, 11) is 0. The van der Waals surface area contributed by atoms with Gasteiger partial charge >= 0.3 is 0 Å². The minimum Gasteiger partial charge on any atom is -0.388 e. The fourth-order valence-corrected chi connectivity index (χ4v) is 3.25. The Balaban J connectivity index is 2.26. The van der Waals surface area contributed by atoms with E-state index in [0.717, 1.165) is 0 Å². The van der Waals surface area contributed by atoms with Crippen molar-refractivity contribution < 1.29 is 14.7 Å². The van der Waals surface area contributed by atoms with Gasteiger partial charge in [-0.25, -0.2) is 0 Å². The number of Topliss-reactive ketones (excluding diaryl/α,β-unsaturated/α-hetero) is 1. The minimum atomic E-state index is -0.806. The second kappa shape index (κ2) is 5.65. The van der Waals surface area contributed by atoms with Gasteiger partial charge in [0.25, 0.3) is 0 Å². The van der Waals surface area contributed by atoms with Crippen molar-refractivity contribution in [3.8, 4) is 0 Å². The molecule has 0 saturated heterocycles. The molecule has 0 saturated carbocycles. The van der Waals surface area contributed by atoms with Gasteiger partial charge in [0.2, 0.25) is 0 Å². The smallest absolute Gasteiger partial charge is 0.165 e. The van der Waals surface area contributed by atoms with Crippen LogP contribution in [0.2, 0.25) is 0 Å². The van der Waals surface area contributed by atoms with Crippen LogP contribution >= 0.6 is 0 Å². The first-order valence-corrected chi connectivity index (χ1v) is 7.44. The fraction of sp³-hybridized carbons (Fsp3) is 0.647. The van der Waals surface area contributed by atoms with Gasteiger partial charge in [0.1, 0.15) is 0 Å². The SMILES string of the molecule is CC1=C(C)C[C@@H]2C(=O)C([C@H](O)CC(C)C)=CC(=O)[C@H]2C1. The maximum Gasteiger partial charge on any atom is 0.165 e. The van der Waals surface area contributed by atoms with E-state index in [0.29, 0.717) is 30.8 Å². The Labute approximate surface area is 120 Å². The molecule has 2 aliphatic rings.